The topological polar surface area (TPSA) is 66.8 Å². The van der Waals surface area contributed by atoms with E-state index in [-0.39, 0.29) is 4.90 Å². The third kappa shape index (κ3) is 8.87. The van der Waals surface area contributed by atoms with Gasteiger partial charge < -0.3 is 9.84 Å². The number of sulfone groups is 1. The second-order valence-electron chi connectivity index (χ2n) is 9.06. The summed E-state index contributed by atoms with van der Waals surface area (Å²) in [6, 6.07) is 19.8. The number of ether oxygens (including phenoxy) is 1. The molecule has 3 aromatic rings. The van der Waals surface area contributed by atoms with Gasteiger partial charge in [-0.2, -0.15) is 13.2 Å². The van der Waals surface area contributed by atoms with Crippen molar-refractivity contribution in [1.29, 1.82) is 0 Å². The summed E-state index contributed by atoms with van der Waals surface area (Å²) in [7, 11) is -3.56. The lowest BCUT2D eigenvalue weighted by Gasteiger charge is -2.23. The summed E-state index contributed by atoms with van der Waals surface area (Å²) < 4.78 is 69.6. The Kier molecular flexibility index (Phi) is 9.75. The largest absolute Gasteiger partial charge is 0.494 e. The number of hydrogen-bond acceptors (Lipinski definition) is 5. The minimum Gasteiger partial charge on any atom is -0.494 e. The maximum absolute atomic E-state index is 13.2. The van der Waals surface area contributed by atoms with Crippen LogP contribution >= 0.6 is 0 Å². The summed E-state index contributed by atoms with van der Waals surface area (Å²) >= 11 is 0. The number of benzene rings is 3. The average Bonchev–Trinajstić information content (AvgIpc) is 2.84. The average molecular weight is 536 g/mol. The predicted molar refractivity (Wildman–Crippen MR) is 137 cm³/mol. The van der Waals surface area contributed by atoms with Crippen LogP contribution in [0.4, 0.5) is 13.2 Å². The molecule has 1 atom stereocenters. The van der Waals surface area contributed by atoms with Gasteiger partial charge in [-0.1, -0.05) is 54.6 Å². The third-order valence-corrected chi connectivity index (χ3v) is 7.09. The number of alkyl halides is 3. The van der Waals surface area contributed by atoms with Crippen LogP contribution in [0.1, 0.15) is 41.7 Å². The minimum atomic E-state index is -4.40. The first kappa shape index (κ1) is 28.7. The van der Waals surface area contributed by atoms with Gasteiger partial charge in [-0.15, -0.1) is 0 Å². The Bertz CT molecular complexity index is 1260. The lowest BCUT2D eigenvalue weighted by atomic mass is 10.1. The van der Waals surface area contributed by atoms with E-state index in [4.69, 9.17) is 4.74 Å². The predicted octanol–water partition coefficient (Wildman–Crippen LogP) is 5.68. The Morgan fingerprint density at radius 3 is 2.30 bits per heavy atom. The molecule has 0 saturated carbocycles. The van der Waals surface area contributed by atoms with Crippen molar-refractivity contribution in [2.75, 3.05) is 26.0 Å². The highest BCUT2D eigenvalue weighted by atomic mass is 32.2. The van der Waals surface area contributed by atoms with E-state index in [1.807, 2.05) is 30.3 Å². The third-order valence-electron chi connectivity index (χ3n) is 5.94. The van der Waals surface area contributed by atoms with Gasteiger partial charge in [-0.3, -0.25) is 4.90 Å². The first-order valence-electron chi connectivity index (χ1n) is 12.0. The molecule has 9 heteroatoms. The maximum atomic E-state index is 13.2. The lowest BCUT2D eigenvalue weighted by Crippen LogP contribution is -2.28. The SMILES string of the molecule is CC(O)c1ccc(OCCCN(CCc2ccccc2)Cc2cccc(C(F)(F)F)c2)cc1S(C)(=O)=O. The molecule has 3 rings (SSSR count). The van der Waals surface area contributed by atoms with Gasteiger partial charge in [0.25, 0.3) is 0 Å². The Balaban J connectivity index is 1.65. The van der Waals surface area contributed by atoms with Gasteiger partial charge in [0.2, 0.25) is 0 Å². The maximum Gasteiger partial charge on any atom is 0.416 e. The van der Waals surface area contributed by atoms with Crippen molar-refractivity contribution in [1.82, 2.24) is 4.90 Å². The van der Waals surface area contributed by atoms with Crippen LogP contribution in [0.25, 0.3) is 0 Å². The van der Waals surface area contributed by atoms with E-state index < -0.39 is 27.7 Å². The number of hydrogen-bond donors (Lipinski definition) is 1. The van der Waals surface area contributed by atoms with Crippen LogP contribution in [0, 0.1) is 0 Å². The molecule has 0 heterocycles. The summed E-state index contributed by atoms with van der Waals surface area (Å²) in [4.78, 5) is 2.11. The second kappa shape index (κ2) is 12.6. The van der Waals surface area contributed by atoms with Crippen molar-refractivity contribution in [3.8, 4) is 5.75 Å². The zero-order valence-electron chi connectivity index (χ0n) is 20.9. The van der Waals surface area contributed by atoms with Crippen molar-refractivity contribution in [2.45, 2.75) is 43.5 Å². The molecule has 200 valence electrons. The number of aliphatic hydroxyl groups is 1. The van der Waals surface area contributed by atoms with Gasteiger partial charge in [0.05, 0.1) is 23.2 Å². The van der Waals surface area contributed by atoms with Crippen LogP contribution in [0.3, 0.4) is 0 Å². The number of aliphatic hydroxyl groups excluding tert-OH is 1. The van der Waals surface area contributed by atoms with Crippen LogP contribution in [0.2, 0.25) is 0 Å². The molecule has 3 aromatic carbocycles. The first-order valence-corrected chi connectivity index (χ1v) is 13.9. The van der Waals surface area contributed by atoms with E-state index in [1.54, 1.807) is 12.1 Å². The zero-order chi connectivity index (χ0) is 27.1. The fourth-order valence-corrected chi connectivity index (χ4v) is 5.05. The number of halogens is 3. The quantitative estimate of drug-likeness (QED) is 0.303. The Labute approximate surface area is 216 Å². The molecule has 0 aliphatic rings. The Morgan fingerprint density at radius 1 is 0.946 bits per heavy atom. The van der Waals surface area contributed by atoms with E-state index >= 15 is 0 Å². The fraction of sp³-hybridized carbons (Fsp3) is 0.357. The molecule has 0 aliphatic carbocycles. The summed E-state index contributed by atoms with van der Waals surface area (Å²) in [5.74, 6) is 0.374. The highest BCUT2D eigenvalue weighted by molar-refractivity contribution is 7.90. The molecule has 0 spiro atoms. The van der Waals surface area contributed by atoms with Crippen LogP contribution in [0.15, 0.2) is 77.7 Å². The van der Waals surface area contributed by atoms with Gasteiger partial charge in [0.1, 0.15) is 5.75 Å². The normalized spacial score (nSPS) is 13.1. The van der Waals surface area contributed by atoms with Gasteiger partial charge in [0.15, 0.2) is 9.84 Å². The van der Waals surface area contributed by atoms with E-state index in [9.17, 15) is 26.7 Å². The molecule has 0 radical (unpaired) electrons. The number of nitrogens with zero attached hydrogens (tertiary/aromatic N) is 1. The van der Waals surface area contributed by atoms with Crippen molar-refractivity contribution in [3.05, 3.63) is 95.1 Å². The molecule has 0 amide bonds. The first-order chi connectivity index (χ1) is 17.4. The molecule has 0 aromatic heterocycles. The van der Waals surface area contributed by atoms with Gasteiger partial charge in [-0.05, 0) is 54.7 Å². The van der Waals surface area contributed by atoms with Crippen molar-refractivity contribution >= 4 is 9.84 Å². The smallest absolute Gasteiger partial charge is 0.416 e. The zero-order valence-corrected chi connectivity index (χ0v) is 21.7. The van der Waals surface area contributed by atoms with Crippen LogP contribution in [-0.4, -0.2) is 44.4 Å². The minimum absolute atomic E-state index is 0.0223. The van der Waals surface area contributed by atoms with Crippen LogP contribution in [-0.2, 0) is 29.0 Å². The molecule has 0 bridgehead atoms. The van der Waals surface area contributed by atoms with E-state index in [1.165, 1.54) is 31.2 Å². The van der Waals surface area contributed by atoms with Gasteiger partial charge in [0, 0.05) is 25.9 Å². The van der Waals surface area contributed by atoms with Crippen molar-refractivity contribution < 1.29 is 31.4 Å². The van der Waals surface area contributed by atoms with Crippen LogP contribution in [0.5, 0.6) is 5.75 Å². The fourth-order valence-electron chi connectivity index (χ4n) is 4.05. The summed E-state index contributed by atoms with van der Waals surface area (Å²) in [5, 5.41) is 9.88. The molecule has 1 N–H and O–H groups in total. The molecule has 37 heavy (non-hydrogen) atoms. The lowest BCUT2D eigenvalue weighted by molar-refractivity contribution is -0.137. The van der Waals surface area contributed by atoms with Crippen LogP contribution < -0.4 is 4.74 Å². The van der Waals surface area contributed by atoms with E-state index in [0.29, 0.717) is 49.5 Å². The van der Waals surface area contributed by atoms with Gasteiger partial charge in [-0.25, -0.2) is 8.42 Å². The molecule has 0 saturated heterocycles. The van der Waals surface area contributed by atoms with E-state index in [2.05, 4.69) is 4.90 Å². The molecule has 1 unspecified atom stereocenters. The monoisotopic (exact) mass is 535 g/mol. The standard InChI is InChI=1S/C28H32F3NO4S/c1-21(33)26-13-12-25(19-27(26)37(2,34)35)36-17-7-15-32(16-14-22-8-4-3-5-9-22)20-23-10-6-11-24(18-23)28(29,30)31/h3-6,8-13,18-19,21,33H,7,14-17,20H2,1-2H3. The molecular weight excluding hydrogens is 503 g/mol. The molecular formula is C28H32F3NO4S. The summed E-state index contributed by atoms with van der Waals surface area (Å²) in [5.41, 5.74) is 1.36. The molecule has 5 nitrogen and oxygen atoms in total. The van der Waals surface area contributed by atoms with Crippen molar-refractivity contribution in [2.24, 2.45) is 0 Å². The summed E-state index contributed by atoms with van der Waals surface area (Å²) in [6.45, 7) is 3.38. The Hall–Kier alpha value is -2.88. The second-order valence-corrected chi connectivity index (χ2v) is 11.0. The summed E-state index contributed by atoms with van der Waals surface area (Å²) in [6.07, 6.45) is -2.92. The van der Waals surface area contributed by atoms with Crippen molar-refractivity contribution in [3.63, 3.8) is 0 Å². The highest BCUT2D eigenvalue weighted by Crippen LogP contribution is 2.30. The highest BCUT2D eigenvalue weighted by Gasteiger charge is 2.30. The van der Waals surface area contributed by atoms with E-state index in [0.717, 1.165) is 24.3 Å². The number of rotatable bonds is 12. The Morgan fingerprint density at radius 2 is 1.65 bits per heavy atom. The molecule has 0 aliphatic heterocycles. The van der Waals surface area contributed by atoms with Gasteiger partial charge >= 0.3 is 6.18 Å². The molecule has 0 fully saturated rings.